The van der Waals surface area contributed by atoms with Crippen LogP contribution in [-0.2, 0) is 0 Å². The molecule has 0 radical (unpaired) electrons. The molecule has 1 saturated carbocycles. The molecule has 1 aliphatic carbocycles. The van der Waals surface area contributed by atoms with Gasteiger partial charge in [-0.3, -0.25) is 4.79 Å². The van der Waals surface area contributed by atoms with Gasteiger partial charge in [0, 0.05) is 11.6 Å². The molecule has 98 valence electrons. The number of rotatable bonds is 3. The second-order valence-electron chi connectivity index (χ2n) is 5.15. The van der Waals surface area contributed by atoms with Gasteiger partial charge in [0.05, 0.1) is 0 Å². The van der Waals surface area contributed by atoms with Crippen molar-refractivity contribution in [2.75, 3.05) is 0 Å². The highest BCUT2D eigenvalue weighted by Gasteiger charge is 2.21. The van der Waals surface area contributed by atoms with Crippen LogP contribution in [0, 0.1) is 5.92 Å². The predicted octanol–water partition coefficient (Wildman–Crippen LogP) is 3.09. The minimum atomic E-state index is -0.0779. The zero-order chi connectivity index (χ0) is 13.0. The van der Waals surface area contributed by atoms with Crippen LogP contribution in [0.1, 0.15) is 49.4 Å². The summed E-state index contributed by atoms with van der Waals surface area (Å²) >= 11 is 0. The molecule has 0 aromatic heterocycles. The lowest BCUT2D eigenvalue weighted by molar-refractivity contribution is 0.0921. The van der Waals surface area contributed by atoms with Crippen LogP contribution in [0.2, 0.25) is 0 Å². The lowest BCUT2D eigenvalue weighted by Gasteiger charge is -2.28. The van der Waals surface area contributed by atoms with Crippen molar-refractivity contribution in [3.8, 4) is 5.75 Å². The minimum Gasteiger partial charge on any atom is -0.508 e. The highest BCUT2D eigenvalue weighted by atomic mass is 16.3. The van der Waals surface area contributed by atoms with Crippen LogP contribution in [0.25, 0.3) is 0 Å². The molecule has 1 amide bonds. The quantitative estimate of drug-likeness (QED) is 0.862. The molecule has 3 heteroatoms. The summed E-state index contributed by atoms with van der Waals surface area (Å²) in [5, 5.41) is 12.4. The third kappa shape index (κ3) is 3.25. The van der Waals surface area contributed by atoms with Gasteiger partial charge in [0.1, 0.15) is 5.75 Å². The Bertz CT molecular complexity index is 409. The largest absolute Gasteiger partial charge is 0.508 e. The summed E-state index contributed by atoms with van der Waals surface area (Å²) in [4.78, 5) is 12.0. The highest BCUT2D eigenvalue weighted by molar-refractivity contribution is 5.94. The van der Waals surface area contributed by atoms with Gasteiger partial charge in [-0.25, -0.2) is 0 Å². The maximum absolute atomic E-state index is 12.0. The van der Waals surface area contributed by atoms with Crippen molar-refractivity contribution >= 4 is 5.91 Å². The maximum atomic E-state index is 12.0. The lowest BCUT2D eigenvalue weighted by Crippen LogP contribution is -2.37. The number of phenolic OH excluding ortho intramolecular Hbond substituents is 1. The van der Waals surface area contributed by atoms with Gasteiger partial charge < -0.3 is 10.4 Å². The molecule has 1 aliphatic rings. The fourth-order valence-electron chi connectivity index (χ4n) is 2.63. The Hall–Kier alpha value is -1.51. The Morgan fingerprint density at radius 3 is 2.67 bits per heavy atom. The zero-order valence-corrected chi connectivity index (χ0v) is 10.9. The van der Waals surface area contributed by atoms with E-state index in [1.807, 2.05) is 0 Å². The maximum Gasteiger partial charge on any atom is 0.251 e. The summed E-state index contributed by atoms with van der Waals surface area (Å²) in [5.74, 6) is 0.891. The van der Waals surface area contributed by atoms with E-state index in [0.717, 1.165) is 18.8 Å². The second-order valence-corrected chi connectivity index (χ2v) is 5.15. The average molecular weight is 247 g/mol. The van der Waals surface area contributed by atoms with Crippen LogP contribution in [0.4, 0.5) is 0 Å². The third-order valence-corrected chi connectivity index (χ3v) is 3.87. The van der Waals surface area contributed by atoms with Crippen LogP contribution in [0.3, 0.4) is 0 Å². The Kier molecular flexibility index (Phi) is 4.24. The van der Waals surface area contributed by atoms with Gasteiger partial charge in [-0.15, -0.1) is 0 Å². The number of benzene rings is 1. The van der Waals surface area contributed by atoms with Crippen LogP contribution in [0.5, 0.6) is 5.75 Å². The smallest absolute Gasteiger partial charge is 0.251 e. The van der Waals surface area contributed by atoms with Gasteiger partial charge in [0.2, 0.25) is 0 Å². The van der Waals surface area contributed by atoms with Gasteiger partial charge in [-0.1, -0.05) is 19.4 Å². The molecule has 1 aromatic carbocycles. The number of nitrogens with one attached hydrogen (secondary N) is 1. The Morgan fingerprint density at radius 2 is 2.06 bits per heavy atom. The van der Waals surface area contributed by atoms with Crippen LogP contribution < -0.4 is 5.32 Å². The summed E-state index contributed by atoms with van der Waals surface area (Å²) in [6.45, 7) is 2.23. The van der Waals surface area contributed by atoms with E-state index in [4.69, 9.17) is 0 Å². The Morgan fingerprint density at radius 1 is 1.33 bits per heavy atom. The zero-order valence-electron chi connectivity index (χ0n) is 10.9. The van der Waals surface area contributed by atoms with Crippen LogP contribution in [0.15, 0.2) is 24.3 Å². The van der Waals surface area contributed by atoms with Gasteiger partial charge >= 0.3 is 0 Å². The van der Waals surface area contributed by atoms with E-state index < -0.39 is 0 Å². The van der Waals surface area contributed by atoms with Crippen LogP contribution >= 0.6 is 0 Å². The Labute approximate surface area is 108 Å². The van der Waals surface area contributed by atoms with Crippen molar-refractivity contribution in [3.63, 3.8) is 0 Å². The number of hydrogen-bond acceptors (Lipinski definition) is 2. The minimum absolute atomic E-state index is 0.0779. The molecule has 0 bridgehead atoms. The molecule has 0 atom stereocenters. The molecule has 0 heterocycles. The van der Waals surface area contributed by atoms with Crippen molar-refractivity contribution in [1.82, 2.24) is 5.32 Å². The summed E-state index contributed by atoms with van der Waals surface area (Å²) in [6, 6.07) is 6.80. The first-order valence-electron chi connectivity index (χ1n) is 6.79. The van der Waals surface area contributed by atoms with Gasteiger partial charge in [0.25, 0.3) is 5.91 Å². The van der Waals surface area contributed by atoms with E-state index in [0.29, 0.717) is 11.6 Å². The molecule has 0 unspecified atom stereocenters. The van der Waals surface area contributed by atoms with E-state index in [2.05, 4.69) is 12.2 Å². The fraction of sp³-hybridized carbons (Fsp3) is 0.533. The van der Waals surface area contributed by atoms with E-state index >= 15 is 0 Å². The molecule has 18 heavy (non-hydrogen) atoms. The number of carbonyl (C=O) groups excluding carboxylic acids is 1. The molecule has 2 N–H and O–H groups in total. The molecule has 3 nitrogen and oxygen atoms in total. The highest BCUT2D eigenvalue weighted by Crippen LogP contribution is 2.26. The number of amides is 1. The molecular formula is C15H21NO2. The first-order chi connectivity index (χ1) is 8.69. The normalized spacial score (nSPS) is 23.6. The lowest BCUT2D eigenvalue weighted by atomic mass is 9.84. The number of phenols is 1. The fourth-order valence-corrected chi connectivity index (χ4v) is 2.63. The average Bonchev–Trinajstić information content (AvgIpc) is 2.39. The van der Waals surface area contributed by atoms with Gasteiger partial charge in [-0.2, -0.15) is 0 Å². The van der Waals surface area contributed by atoms with E-state index in [9.17, 15) is 9.90 Å². The molecular weight excluding hydrogens is 226 g/mol. The molecule has 0 saturated heterocycles. The van der Waals surface area contributed by atoms with E-state index in [1.165, 1.54) is 25.3 Å². The molecule has 1 aromatic rings. The second kappa shape index (κ2) is 5.89. The first-order valence-corrected chi connectivity index (χ1v) is 6.79. The summed E-state index contributed by atoms with van der Waals surface area (Å²) in [7, 11) is 0. The summed E-state index contributed by atoms with van der Waals surface area (Å²) in [5.41, 5.74) is 0.535. The van der Waals surface area contributed by atoms with Crippen molar-refractivity contribution in [2.24, 2.45) is 5.92 Å². The first kappa shape index (κ1) is 12.9. The number of aromatic hydroxyl groups is 1. The molecule has 0 spiro atoms. The van der Waals surface area contributed by atoms with Gasteiger partial charge in [0.15, 0.2) is 0 Å². The summed E-state index contributed by atoms with van der Waals surface area (Å²) < 4.78 is 0. The molecule has 2 rings (SSSR count). The molecule has 0 aliphatic heterocycles. The number of carbonyl (C=O) groups is 1. The number of hydrogen-bond donors (Lipinski definition) is 2. The summed E-state index contributed by atoms with van der Waals surface area (Å²) in [6.07, 6.45) is 5.81. The van der Waals surface area contributed by atoms with Gasteiger partial charge in [-0.05, 0) is 49.8 Å². The Balaban J connectivity index is 1.89. The predicted molar refractivity (Wildman–Crippen MR) is 71.6 cm³/mol. The topological polar surface area (TPSA) is 49.3 Å². The van der Waals surface area contributed by atoms with Crippen molar-refractivity contribution in [1.29, 1.82) is 0 Å². The third-order valence-electron chi connectivity index (χ3n) is 3.87. The van der Waals surface area contributed by atoms with Crippen molar-refractivity contribution in [3.05, 3.63) is 29.8 Å². The van der Waals surface area contributed by atoms with Crippen LogP contribution in [-0.4, -0.2) is 17.1 Å². The monoisotopic (exact) mass is 247 g/mol. The van der Waals surface area contributed by atoms with Crippen molar-refractivity contribution < 1.29 is 9.90 Å². The van der Waals surface area contributed by atoms with E-state index in [1.54, 1.807) is 18.2 Å². The SMILES string of the molecule is CCC1CCC(NC(=O)c2cccc(O)c2)CC1. The standard InChI is InChI=1S/C15H21NO2/c1-2-11-6-8-13(9-7-11)16-15(18)12-4-3-5-14(17)10-12/h3-5,10-11,13,17H,2,6-9H2,1H3,(H,16,18). The molecule has 1 fully saturated rings. The van der Waals surface area contributed by atoms with E-state index in [-0.39, 0.29) is 11.7 Å². The van der Waals surface area contributed by atoms with Crippen molar-refractivity contribution in [2.45, 2.75) is 45.1 Å².